The number of nitrogens with two attached hydrogens (primary N) is 1. The normalized spacial score (nSPS) is 10.2. The van der Waals surface area contributed by atoms with Crippen LogP contribution in [0.5, 0.6) is 0 Å². The fraction of sp³-hybridized carbons (Fsp3) is 0.0769. The van der Waals surface area contributed by atoms with Crippen LogP contribution in [0.3, 0.4) is 0 Å². The second-order valence-corrected chi connectivity index (χ2v) is 4.01. The number of ketones is 1. The number of hydrogen-bond acceptors (Lipinski definition) is 3. The van der Waals surface area contributed by atoms with Crippen molar-refractivity contribution >= 4 is 17.4 Å². The highest BCUT2D eigenvalue weighted by Crippen LogP contribution is 2.14. The first-order valence-electron chi connectivity index (χ1n) is 5.16. The number of carbonyl (C=O) groups is 1. The molecule has 1 heterocycles. The zero-order valence-corrected chi connectivity index (χ0v) is 9.82. The minimum atomic E-state index is -0.0567. The third kappa shape index (κ3) is 2.70. The summed E-state index contributed by atoms with van der Waals surface area (Å²) in [6.07, 6.45) is 1.59. The Bertz CT molecular complexity index is 537. The molecule has 0 aliphatic carbocycles. The monoisotopic (exact) mass is 246 g/mol. The van der Waals surface area contributed by atoms with E-state index in [4.69, 9.17) is 17.3 Å². The molecule has 0 bridgehead atoms. The van der Waals surface area contributed by atoms with E-state index in [2.05, 4.69) is 4.98 Å². The average molecular weight is 247 g/mol. The van der Waals surface area contributed by atoms with Crippen molar-refractivity contribution in [1.82, 2.24) is 4.98 Å². The summed E-state index contributed by atoms with van der Waals surface area (Å²) in [6.45, 7) is 0.321. The van der Waals surface area contributed by atoms with Gasteiger partial charge in [0.2, 0.25) is 0 Å². The lowest BCUT2D eigenvalue weighted by Gasteiger charge is -2.03. The first kappa shape index (κ1) is 11.8. The number of pyridine rings is 1. The quantitative estimate of drug-likeness (QED) is 0.847. The second kappa shape index (κ2) is 5.08. The first-order chi connectivity index (χ1) is 8.20. The third-order valence-corrected chi connectivity index (χ3v) is 2.65. The molecular formula is C13H11ClN2O. The zero-order valence-electron chi connectivity index (χ0n) is 9.06. The number of aromatic nitrogens is 1. The molecule has 0 unspecified atom stereocenters. The highest BCUT2D eigenvalue weighted by molar-refractivity contribution is 6.30. The Morgan fingerprint density at radius 3 is 2.53 bits per heavy atom. The van der Waals surface area contributed by atoms with Gasteiger partial charge in [0.25, 0.3) is 0 Å². The van der Waals surface area contributed by atoms with Gasteiger partial charge in [0.15, 0.2) is 5.78 Å². The predicted molar refractivity (Wildman–Crippen MR) is 67.0 cm³/mol. The van der Waals surface area contributed by atoms with E-state index < -0.39 is 0 Å². The molecular weight excluding hydrogens is 236 g/mol. The maximum Gasteiger partial charge on any atom is 0.193 e. The maximum atomic E-state index is 12.1. The second-order valence-electron chi connectivity index (χ2n) is 3.58. The van der Waals surface area contributed by atoms with Gasteiger partial charge in [-0.1, -0.05) is 11.6 Å². The van der Waals surface area contributed by atoms with Gasteiger partial charge in [0, 0.05) is 28.9 Å². The Morgan fingerprint density at radius 1 is 1.18 bits per heavy atom. The minimum Gasteiger partial charge on any atom is -0.325 e. The van der Waals surface area contributed by atoms with Crippen LogP contribution in [0, 0.1) is 0 Å². The van der Waals surface area contributed by atoms with E-state index in [0.29, 0.717) is 28.4 Å². The van der Waals surface area contributed by atoms with Crippen LogP contribution in [0.1, 0.15) is 21.6 Å². The Kier molecular flexibility index (Phi) is 3.52. The van der Waals surface area contributed by atoms with Gasteiger partial charge in [-0.05, 0) is 36.4 Å². The van der Waals surface area contributed by atoms with Crippen LogP contribution in [0.2, 0.25) is 5.02 Å². The molecule has 1 aromatic carbocycles. The van der Waals surface area contributed by atoms with E-state index in [1.165, 1.54) is 0 Å². The molecule has 2 N–H and O–H groups in total. The van der Waals surface area contributed by atoms with Crippen LogP contribution in [-0.2, 0) is 6.54 Å². The molecule has 2 aromatic rings. The highest BCUT2D eigenvalue weighted by atomic mass is 35.5. The molecule has 0 aliphatic heterocycles. The fourth-order valence-electron chi connectivity index (χ4n) is 1.50. The molecule has 1 aromatic heterocycles. The smallest absolute Gasteiger partial charge is 0.193 e. The molecule has 3 nitrogen and oxygen atoms in total. The summed E-state index contributed by atoms with van der Waals surface area (Å²) in [6, 6.07) is 10.2. The van der Waals surface area contributed by atoms with Crippen molar-refractivity contribution in [1.29, 1.82) is 0 Å². The number of nitrogens with zero attached hydrogens (tertiary/aromatic N) is 1. The molecule has 0 fully saturated rings. The van der Waals surface area contributed by atoms with Crippen molar-refractivity contribution < 1.29 is 4.79 Å². The minimum absolute atomic E-state index is 0.0567. The van der Waals surface area contributed by atoms with Crippen molar-refractivity contribution in [3.8, 4) is 0 Å². The van der Waals surface area contributed by atoms with Crippen molar-refractivity contribution in [2.24, 2.45) is 5.73 Å². The third-order valence-electron chi connectivity index (χ3n) is 2.39. The van der Waals surface area contributed by atoms with Crippen molar-refractivity contribution in [2.45, 2.75) is 6.54 Å². The highest BCUT2D eigenvalue weighted by Gasteiger charge is 2.09. The molecule has 0 atom stereocenters. The molecule has 4 heteroatoms. The van der Waals surface area contributed by atoms with E-state index in [1.807, 2.05) is 0 Å². The standard InChI is InChI=1S/C13H11ClN2O/c14-11-3-1-9(2-4-11)13(17)10-5-6-16-12(7-10)8-15/h1-7H,8,15H2. The Hall–Kier alpha value is -1.71. The molecule has 0 spiro atoms. The molecule has 0 saturated heterocycles. The van der Waals surface area contributed by atoms with Crippen LogP contribution in [0.15, 0.2) is 42.6 Å². The Labute approximate surface area is 104 Å². The summed E-state index contributed by atoms with van der Waals surface area (Å²) in [5, 5.41) is 0.610. The van der Waals surface area contributed by atoms with Crippen molar-refractivity contribution in [3.63, 3.8) is 0 Å². The van der Waals surface area contributed by atoms with Crippen molar-refractivity contribution in [2.75, 3.05) is 0 Å². The predicted octanol–water partition coefficient (Wildman–Crippen LogP) is 2.42. The number of rotatable bonds is 3. The number of halogens is 1. The summed E-state index contributed by atoms with van der Waals surface area (Å²) in [7, 11) is 0. The fourth-order valence-corrected chi connectivity index (χ4v) is 1.62. The SMILES string of the molecule is NCc1cc(C(=O)c2ccc(Cl)cc2)ccn1. The van der Waals surface area contributed by atoms with Gasteiger partial charge in [0.05, 0.1) is 5.69 Å². The lowest BCUT2D eigenvalue weighted by molar-refractivity contribution is 0.103. The molecule has 0 amide bonds. The number of benzene rings is 1. The molecule has 0 aliphatic rings. The Balaban J connectivity index is 2.33. The van der Waals surface area contributed by atoms with E-state index >= 15 is 0 Å². The van der Waals surface area contributed by atoms with Crippen LogP contribution in [0.25, 0.3) is 0 Å². The van der Waals surface area contributed by atoms with Crippen molar-refractivity contribution in [3.05, 3.63) is 64.4 Å². The van der Waals surface area contributed by atoms with Gasteiger partial charge in [-0.2, -0.15) is 0 Å². The van der Waals surface area contributed by atoms with E-state index in [1.54, 1.807) is 42.6 Å². The van der Waals surface area contributed by atoms with Gasteiger partial charge >= 0.3 is 0 Å². The summed E-state index contributed by atoms with van der Waals surface area (Å²) in [4.78, 5) is 16.2. The van der Waals surface area contributed by atoms with Gasteiger partial charge in [-0.25, -0.2) is 0 Å². The van der Waals surface area contributed by atoms with Crippen LogP contribution in [-0.4, -0.2) is 10.8 Å². The van der Waals surface area contributed by atoms with E-state index in [9.17, 15) is 4.79 Å². The molecule has 0 saturated carbocycles. The first-order valence-corrected chi connectivity index (χ1v) is 5.54. The topological polar surface area (TPSA) is 56.0 Å². The van der Waals surface area contributed by atoms with Crippen LogP contribution in [0.4, 0.5) is 0 Å². The summed E-state index contributed by atoms with van der Waals surface area (Å²) < 4.78 is 0. The number of hydrogen-bond donors (Lipinski definition) is 1. The van der Waals surface area contributed by atoms with Gasteiger partial charge in [-0.3, -0.25) is 9.78 Å². The molecule has 17 heavy (non-hydrogen) atoms. The zero-order chi connectivity index (χ0) is 12.3. The van der Waals surface area contributed by atoms with Crippen LogP contribution >= 0.6 is 11.6 Å². The lowest BCUT2D eigenvalue weighted by Crippen LogP contribution is -2.05. The summed E-state index contributed by atoms with van der Waals surface area (Å²) in [5.74, 6) is -0.0567. The lowest BCUT2D eigenvalue weighted by atomic mass is 10.0. The largest absolute Gasteiger partial charge is 0.325 e. The van der Waals surface area contributed by atoms with E-state index in [-0.39, 0.29) is 5.78 Å². The van der Waals surface area contributed by atoms with Gasteiger partial charge < -0.3 is 5.73 Å². The summed E-state index contributed by atoms with van der Waals surface area (Å²) >= 11 is 5.77. The molecule has 2 rings (SSSR count). The van der Waals surface area contributed by atoms with Gasteiger partial charge in [0.1, 0.15) is 0 Å². The Morgan fingerprint density at radius 2 is 1.88 bits per heavy atom. The van der Waals surface area contributed by atoms with E-state index in [0.717, 1.165) is 0 Å². The van der Waals surface area contributed by atoms with Crippen LogP contribution < -0.4 is 5.73 Å². The number of carbonyl (C=O) groups excluding carboxylic acids is 1. The molecule has 86 valence electrons. The maximum absolute atomic E-state index is 12.1. The molecule has 0 radical (unpaired) electrons. The van der Waals surface area contributed by atoms with Gasteiger partial charge in [-0.15, -0.1) is 0 Å². The average Bonchev–Trinajstić information content (AvgIpc) is 2.39. The summed E-state index contributed by atoms with van der Waals surface area (Å²) in [5.41, 5.74) is 7.37.